The highest BCUT2D eigenvalue weighted by atomic mass is 16.4. The summed E-state index contributed by atoms with van der Waals surface area (Å²) in [6.07, 6.45) is 6.92. The van der Waals surface area contributed by atoms with Crippen LogP contribution in [0.15, 0.2) is 43.0 Å². The highest BCUT2D eigenvalue weighted by Gasteiger charge is 2.26. The van der Waals surface area contributed by atoms with Crippen LogP contribution in [-0.4, -0.2) is 54.6 Å². The summed E-state index contributed by atoms with van der Waals surface area (Å²) >= 11 is 0. The van der Waals surface area contributed by atoms with Crippen LogP contribution in [0.5, 0.6) is 0 Å². The summed E-state index contributed by atoms with van der Waals surface area (Å²) in [5.41, 5.74) is 2.42. The van der Waals surface area contributed by atoms with Crippen molar-refractivity contribution in [2.45, 2.75) is 12.5 Å². The lowest BCUT2D eigenvalue weighted by atomic mass is 10.2. The Labute approximate surface area is 137 Å². The topological polar surface area (TPSA) is 95.7 Å². The first kappa shape index (κ1) is 14.4. The third-order valence-electron chi connectivity index (χ3n) is 4.12. The molecule has 8 nitrogen and oxygen atoms in total. The van der Waals surface area contributed by atoms with Gasteiger partial charge in [0.2, 0.25) is 0 Å². The lowest BCUT2D eigenvalue weighted by Crippen LogP contribution is -2.30. The number of nitrogens with zero attached hydrogens (tertiary/aromatic N) is 5. The minimum absolute atomic E-state index is 0.0489. The van der Waals surface area contributed by atoms with Crippen LogP contribution in [0, 0.1) is 0 Å². The number of imidazole rings is 1. The number of aromatic nitrogens is 4. The predicted octanol–water partition coefficient (Wildman–Crippen LogP) is 1.96. The van der Waals surface area contributed by atoms with E-state index in [0.717, 1.165) is 17.8 Å². The Balaban J connectivity index is 1.57. The molecule has 1 atom stereocenters. The zero-order valence-corrected chi connectivity index (χ0v) is 12.8. The molecule has 2 N–H and O–H groups in total. The van der Waals surface area contributed by atoms with Crippen molar-refractivity contribution in [2.75, 3.05) is 18.4 Å². The van der Waals surface area contributed by atoms with Gasteiger partial charge in [0.05, 0.1) is 24.3 Å². The highest BCUT2D eigenvalue weighted by Crippen LogP contribution is 2.20. The molecule has 0 aromatic carbocycles. The third kappa shape index (κ3) is 2.62. The van der Waals surface area contributed by atoms with E-state index < -0.39 is 6.09 Å². The summed E-state index contributed by atoms with van der Waals surface area (Å²) in [5.74, 6) is 0.635. The number of fused-ring (bicyclic) bond motifs is 1. The second-order valence-corrected chi connectivity index (χ2v) is 5.72. The molecule has 0 bridgehead atoms. The summed E-state index contributed by atoms with van der Waals surface area (Å²) in [7, 11) is 0. The SMILES string of the molecule is O=C(O)N1CC[C@@H](Nc2cncc(-c3cnc4ccccn34)n2)C1. The molecule has 1 aliphatic rings. The molecule has 1 aliphatic heterocycles. The zero-order chi connectivity index (χ0) is 16.5. The summed E-state index contributed by atoms with van der Waals surface area (Å²) in [6, 6.07) is 5.85. The molecule has 3 aromatic rings. The van der Waals surface area contributed by atoms with Crippen LogP contribution in [0.1, 0.15) is 6.42 Å². The first-order valence-electron chi connectivity index (χ1n) is 7.69. The molecule has 0 radical (unpaired) electrons. The van der Waals surface area contributed by atoms with Crippen LogP contribution in [-0.2, 0) is 0 Å². The number of likely N-dealkylation sites (tertiary alicyclic amines) is 1. The molecule has 4 rings (SSSR count). The summed E-state index contributed by atoms with van der Waals surface area (Å²) in [5, 5.41) is 12.3. The number of hydrogen-bond acceptors (Lipinski definition) is 5. The van der Waals surface area contributed by atoms with Gasteiger partial charge >= 0.3 is 6.09 Å². The van der Waals surface area contributed by atoms with Gasteiger partial charge in [0.25, 0.3) is 0 Å². The minimum atomic E-state index is -0.884. The van der Waals surface area contributed by atoms with Crippen molar-refractivity contribution in [3.8, 4) is 11.4 Å². The molecule has 0 unspecified atom stereocenters. The molecule has 8 heteroatoms. The monoisotopic (exact) mass is 324 g/mol. The molecule has 122 valence electrons. The van der Waals surface area contributed by atoms with E-state index in [9.17, 15) is 4.79 Å². The quantitative estimate of drug-likeness (QED) is 0.764. The second-order valence-electron chi connectivity index (χ2n) is 5.72. The molecular weight excluding hydrogens is 308 g/mol. The fraction of sp³-hybridized carbons (Fsp3) is 0.250. The van der Waals surface area contributed by atoms with Gasteiger partial charge in [-0.25, -0.2) is 14.8 Å². The van der Waals surface area contributed by atoms with E-state index in [1.165, 1.54) is 4.90 Å². The van der Waals surface area contributed by atoms with Crippen LogP contribution < -0.4 is 5.32 Å². The molecule has 1 amide bonds. The van der Waals surface area contributed by atoms with Crippen LogP contribution in [0.25, 0.3) is 17.0 Å². The van der Waals surface area contributed by atoms with Crippen molar-refractivity contribution in [2.24, 2.45) is 0 Å². The molecule has 1 saturated heterocycles. The molecular formula is C16H16N6O2. The molecule has 1 fully saturated rings. The minimum Gasteiger partial charge on any atom is -0.465 e. The maximum atomic E-state index is 11.0. The van der Waals surface area contributed by atoms with Gasteiger partial charge in [0, 0.05) is 25.3 Å². The van der Waals surface area contributed by atoms with E-state index in [0.29, 0.717) is 24.6 Å². The maximum Gasteiger partial charge on any atom is 0.407 e. The van der Waals surface area contributed by atoms with E-state index >= 15 is 0 Å². The van der Waals surface area contributed by atoms with Gasteiger partial charge in [-0.1, -0.05) is 6.07 Å². The van der Waals surface area contributed by atoms with Gasteiger partial charge < -0.3 is 15.3 Å². The van der Waals surface area contributed by atoms with Crippen LogP contribution in [0.2, 0.25) is 0 Å². The molecule has 24 heavy (non-hydrogen) atoms. The van der Waals surface area contributed by atoms with Crippen molar-refractivity contribution in [3.63, 3.8) is 0 Å². The summed E-state index contributed by atoms with van der Waals surface area (Å²) < 4.78 is 1.95. The van der Waals surface area contributed by atoms with E-state index in [-0.39, 0.29) is 6.04 Å². The number of carboxylic acid groups (broad SMARTS) is 1. The van der Waals surface area contributed by atoms with Crippen LogP contribution >= 0.6 is 0 Å². The number of nitrogens with one attached hydrogen (secondary N) is 1. The Bertz CT molecular complexity index is 893. The van der Waals surface area contributed by atoms with Gasteiger partial charge in [-0.05, 0) is 18.6 Å². The fourth-order valence-electron chi connectivity index (χ4n) is 2.94. The van der Waals surface area contributed by atoms with E-state index in [1.807, 2.05) is 28.8 Å². The summed E-state index contributed by atoms with van der Waals surface area (Å²) in [6.45, 7) is 0.990. The summed E-state index contributed by atoms with van der Waals surface area (Å²) in [4.78, 5) is 25.6. The lowest BCUT2D eigenvalue weighted by molar-refractivity contribution is 0.155. The van der Waals surface area contributed by atoms with Crippen LogP contribution in [0.3, 0.4) is 0 Å². The van der Waals surface area contributed by atoms with Gasteiger partial charge in [0.15, 0.2) is 0 Å². The Morgan fingerprint density at radius 2 is 2.21 bits per heavy atom. The van der Waals surface area contributed by atoms with Crippen LogP contribution in [0.4, 0.5) is 10.6 Å². The molecule has 0 aliphatic carbocycles. The first-order chi connectivity index (χ1) is 11.7. The van der Waals surface area contributed by atoms with Gasteiger partial charge in [-0.2, -0.15) is 0 Å². The number of anilines is 1. The number of rotatable bonds is 3. The van der Waals surface area contributed by atoms with Gasteiger partial charge in [-0.15, -0.1) is 0 Å². The smallest absolute Gasteiger partial charge is 0.407 e. The Morgan fingerprint density at radius 3 is 3.04 bits per heavy atom. The number of pyridine rings is 1. The Kier molecular flexibility index (Phi) is 3.49. The third-order valence-corrected chi connectivity index (χ3v) is 4.12. The average Bonchev–Trinajstić information content (AvgIpc) is 3.22. The first-order valence-corrected chi connectivity index (χ1v) is 7.69. The second kappa shape index (κ2) is 5.80. The molecule has 0 saturated carbocycles. The lowest BCUT2D eigenvalue weighted by Gasteiger charge is -2.14. The largest absolute Gasteiger partial charge is 0.465 e. The van der Waals surface area contributed by atoms with E-state index in [1.54, 1.807) is 18.6 Å². The van der Waals surface area contributed by atoms with Crippen molar-refractivity contribution in [1.29, 1.82) is 0 Å². The number of hydrogen-bond donors (Lipinski definition) is 2. The van der Waals surface area contributed by atoms with Crippen molar-refractivity contribution in [1.82, 2.24) is 24.3 Å². The van der Waals surface area contributed by atoms with Crippen molar-refractivity contribution in [3.05, 3.63) is 43.0 Å². The van der Waals surface area contributed by atoms with Gasteiger partial charge in [0.1, 0.15) is 17.2 Å². The Morgan fingerprint density at radius 1 is 1.29 bits per heavy atom. The molecule has 0 spiro atoms. The maximum absolute atomic E-state index is 11.0. The molecule has 3 aromatic heterocycles. The van der Waals surface area contributed by atoms with Gasteiger partial charge in [-0.3, -0.25) is 9.38 Å². The standard InChI is InChI=1S/C16H16N6O2/c23-16(24)21-6-4-11(10-21)19-14-9-17-7-12(20-14)13-8-18-15-3-1-2-5-22(13)15/h1-3,5,7-9,11H,4,6,10H2,(H,19,20)(H,23,24)/t11-/m1/s1. The normalized spacial score (nSPS) is 17.3. The highest BCUT2D eigenvalue weighted by molar-refractivity contribution is 5.65. The Hall–Kier alpha value is -3.16. The fourth-order valence-corrected chi connectivity index (χ4v) is 2.94. The van der Waals surface area contributed by atoms with Crippen molar-refractivity contribution >= 4 is 17.6 Å². The van der Waals surface area contributed by atoms with E-state index in [2.05, 4.69) is 20.3 Å². The predicted molar refractivity (Wildman–Crippen MR) is 87.8 cm³/mol. The average molecular weight is 324 g/mol. The zero-order valence-electron chi connectivity index (χ0n) is 12.8. The number of carbonyl (C=O) groups is 1. The number of amides is 1. The van der Waals surface area contributed by atoms with E-state index in [4.69, 9.17) is 5.11 Å². The molecule has 4 heterocycles. The van der Waals surface area contributed by atoms with Crippen molar-refractivity contribution < 1.29 is 9.90 Å².